The van der Waals surface area contributed by atoms with Gasteiger partial charge >= 0.3 is 23.9 Å². The highest BCUT2D eigenvalue weighted by Crippen LogP contribution is 2.48. The van der Waals surface area contributed by atoms with Crippen molar-refractivity contribution in [2.75, 3.05) is 52.9 Å². The van der Waals surface area contributed by atoms with E-state index in [4.69, 9.17) is 71.1 Å². The first-order chi connectivity index (χ1) is 59.3. The second kappa shape index (κ2) is 56.0. The lowest BCUT2D eigenvalue weighted by Crippen LogP contribution is -2.27. The van der Waals surface area contributed by atoms with Crippen molar-refractivity contribution < 1.29 is 100 Å². The topological polar surface area (TPSA) is 247 Å². The zero-order chi connectivity index (χ0) is 90.2. The van der Waals surface area contributed by atoms with Crippen LogP contribution in [0, 0.1) is 0 Å². The third kappa shape index (κ3) is 44.1. The molecular formula is C103H152O21. The first-order valence-electron chi connectivity index (χ1n) is 46.4. The van der Waals surface area contributed by atoms with Crippen LogP contribution in [0.2, 0.25) is 0 Å². The highest BCUT2D eigenvalue weighted by Gasteiger charge is 2.27. The van der Waals surface area contributed by atoms with Crippen molar-refractivity contribution in [3.05, 3.63) is 114 Å². The summed E-state index contributed by atoms with van der Waals surface area (Å²) in [5.41, 5.74) is 0.267. The van der Waals surface area contributed by atoms with E-state index in [1.54, 1.807) is 150 Å². The standard InChI is InChI=1S/C103H152O21/c1-17-21-25-29-33-37-41-45-49-110-82-53-77(55-84(64-82)116-72-94(106)121-100(5,6)7)70-114-86-60-80(61-87(66-86)115-71-78-54-83(111-50-46-42-38-34-30-26-22-18-2)65-85(56-78)117-73-95(107)122-101(8,9)10)99-92(113-52-48-44-40-36-32-28-24-20-4)67-89(68-93(99)119-75-97(109)124-103(14,15)16)120-88-62-79(59-81(105)63-88)98-90(112-51-47-43-39-35-31-27-23-19-3)57-76(69-104)58-91(98)118-74-96(108)123-102(11,12)13/h53-68,104-105H,17-52,69-75H2,1-16H3. The van der Waals surface area contributed by atoms with Gasteiger partial charge in [0.1, 0.15) is 110 Å². The zero-order valence-corrected chi connectivity index (χ0v) is 78.3. The maximum atomic E-state index is 14.1. The van der Waals surface area contributed by atoms with Gasteiger partial charge in [-0.15, -0.1) is 0 Å². The summed E-state index contributed by atoms with van der Waals surface area (Å²) in [6.45, 7) is 29.7. The van der Waals surface area contributed by atoms with Crippen molar-refractivity contribution in [2.45, 2.75) is 358 Å². The monoisotopic (exact) mass is 1730 g/mol. The van der Waals surface area contributed by atoms with Gasteiger partial charge in [0.15, 0.2) is 26.4 Å². The molecule has 0 spiro atoms. The predicted octanol–water partition coefficient (Wildman–Crippen LogP) is 26.1. The molecule has 0 saturated carbocycles. The molecule has 2 N–H and O–H groups in total. The number of phenols is 1. The molecule has 0 unspecified atom stereocenters. The first-order valence-corrected chi connectivity index (χ1v) is 46.4. The van der Waals surface area contributed by atoms with E-state index in [1.165, 1.54) is 109 Å². The van der Waals surface area contributed by atoms with E-state index in [-0.39, 0.29) is 68.4 Å². The number of carbonyl (C=O) groups excluding carboxylic acids is 4. The summed E-state index contributed by atoms with van der Waals surface area (Å²) < 4.78 is 95.5. The molecule has 21 heteroatoms. The first kappa shape index (κ1) is 104. The Morgan fingerprint density at radius 1 is 0.258 bits per heavy atom. The molecule has 6 aromatic rings. The molecule has 0 atom stereocenters. The Kier molecular flexibility index (Phi) is 46.7. The number of aromatic hydroxyl groups is 1. The van der Waals surface area contributed by atoms with Gasteiger partial charge in [-0.05, 0) is 197 Å². The Hall–Kier alpha value is -9.24. The fourth-order valence-electron chi connectivity index (χ4n) is 14.0. The Balaban J connectivity index is 1.55. The molecule has 0 radical (unpaired) electrons. The zero-order valence-electron chi connectivity index (χ0n) is 78.3. The third-order valence-electron chi connectivity index (χ3n) is 19.8. The lowest BCUT2D eigenvalue weighted by molar-refractivity contribution is -0.158. The van der Waals surface area contributed by atoms with Crippen molar-refractivity contribution in [3.8, 4) is 97.0 Å². The largest absolute Gasteiger partial charge is 0.508 e. The van der Waals surface area contributed by atoms with E-state index < -0.39 is 59.5 Å². The second-order valence-corrected chi connectivity index (χ2v) is 36.4. The molecule has 0 aliphatic rings. The third-order valence-corrected chi connectivity index (χ3v) is 19.8. The second-order valence-electron chi connectivity index (χ2n) is 36.4. The van der Waals surface area contributed by atoms with Crippen LogP contribution in [-0.4, -0.2) is 109 Å². The number of hydrogen-bond acceptors (Lipinski definition) is 21. The maximum absolute atomic E-state index is 14.1. The number of rotatable bonds is 63. The Labute approximate surface area is 742 Å². The average molecular weight is 1730 g/mol. The number of phenolic OH excluding ortho intramolecular Hbond substituents is 1. The number of esters is 4. The molecule has 0 aliphatic carbocycles. The maximum Gasteiger partial charge on any atom is 0.344 e. The van der Waals surface area contributed by atoms with E-state index >= 15 is 0 Å². The van der Waals surface area contributed by atoms with Crippen LogP contribution in [-0.2, 0) is 57.9 Å². The van der Waals surface area contributed by atoms with Crippen molar-refractivity contribution >= 4 is 23.9 Å². The number of carbonyl (C=O) groups is 4. The van der Waals surface area contributed by atoms with Gasteiger partial charge in [0, 0.05) is 36.4 Å². The van der Waals surface area contributed by atoms with E-state index in [0.29, 0.717) is 111 Å². The Morgan fingerprint density at radius 2 is 0.516 bits per heavy atom. The molecular weight excluding hydrogens is 1570 g/mol. The normalized spacial score (nSPS) is 11.7. The van der Waals surface area contributed by atoms with Gasteiger partial charge in [0.05, 0.1) is 44.2 Å². The highest BCUT2D eigenvalue weighted by atomic mass is 16.6. The van der Waals surface area contributed by atoms with E-state index in [2.05, 4.69) is 27.7 Å². The average Bonchev–Trinajstić information content (AvgIpc) is 0.781. The molecule has 6 rings (SSSR count). The molecule has 124 heavy (non-hydrogen) atoms. The van der Waals surface area contributed by atoms with E-state index in [9.17, 15) is 29.4 Å². The number of benzene rings is 6. The van der Waals surface area contributed by atoms with Crippen LogP contribution in [0.25, 0.3) is 22.3 Å². The van der Waals surface area contributed by atoms with Gasteiger partial charge < -0.3 is 81.3 Å². The number of unbranched alkanes of at least 4 members (excludes halogenated alkanes) is 28. The minimum absolute atomic E-state index is 0.0322. The smallest absolute Gasteiger partial charge is 0.344 e. The fraction of sp³-hybridized carbons (Fsp3) is 0.612. The van der Waals surface area contributed by atoms with Gasteiger partial charge in [-0.3, -0.25) is 0 Å². The van der Waals surface area contributed by atoms with Crippen molar-refractivity contribution in [1.29, 1.82) is 0 Å². The minimum Gasteiger partial charge on any atom is -0.508 e. The SMILES string of the molecule is CCCCCCCCCCOc1cc(COc2cc(OCc3cc(OCCCCCCCCCC)cc(OCC(=O)OC(C)(C)C)c3)cc(-c3c(OCCCCCCCCCC)cc(Oc4cc(O)cc(-c5c(OCCCCCCCCCC)cc(CO)cc5OCC(=O)OC(C)(C)C)c4)cc3OCC(=O)OC(C)(C)C)c2)cc(OCC(=O)OC(C)(C)C)c1. The van der Waals surface area contributed by atoms with Crippen molar-refractivity contribution in [1.82, 2.24) is 0 Å². The number of aliphatic hydroxyl groups excluding tert-OH is 1. The molecule has 0 aliphatic heterocycles. The molecule has 21 nitrogen and oxygen atoms in total. The van der Waals surface area contributed by atoms with Gasteiger partial charge in [-0.2, -0.15) is 0 Å². The summed E-state index contributed by atoms with van der Waals surface area (Å²) in [6, 6.07) is 27.8. The summed E-state index contributed by atoms with van der Waals surface area (Å²) >= 11 is 0. The van der Waals surface area contributed by atoms with Crippen LogP contribution >= 0.6 is 0 Å². The van der Waals surface area contributed by atoms with Gasteiger partial charge in [0.25, 0.3) is 0 Å². The summed E-state index contributed by atoms with van der Waals surface area (Å²) in [5, 5.41) is 22.6. The molecule has 0 saturated heterocycles. The van der Waals surface area contributed by atoms with Crippen LogP contribution in [0.1, 0.15) is 333 Å². The summed E-state index contributed by atoms with van der Waals surface area (Å²) in [6.07, 6.45) is 35.1. The number of hydrogen-bond donors (Lipinski definition) is 2. The highest BCUT2D eigenvalue weighted by molar-refractivity contribution is 5.83. The molecule has 690 valence electrons. The lowest BCUT2D eigenvalue weighted by Gasteiger charge is -2.22. The van der Waals surface area contributed by atoms with Crippen LogP contribution in [0.4, 0.5) is 0 Å². The molecule has 0 amide bonds. The van der Waals surface area contributed by atoms with Crippen LogP contribution < -0.4 is 52.1 Å². The summed E-state index contributed by atoms with van der Waals surface area (Å²) in [7, 11) is 0. The summed E-state index contributed by atoms with van der Waals surface area (Å²) in [5.74, 6) is 1.24. The van der Waals surface area contributed by atoms with E-state index in [1.807, 2.05) is 24.3 Å². The Bertz CT molecular complexity index is 3970. The lowest BCUT2D eigenvalue weighted by atomic mass is 10.00. The summed E-state index contributed by atoms with van der Waals surface area (Å²) in [4.78, 5) is 53.8. The predicted molar refractivity (Wildman–Crippen MR) is 491 cm³/mol. The molecule has 0 bridgehead atoms. The van der Waals surface area contributed by atoms with Gasteiger partial charge in [-0.25, -0.2) is 19.2 Å². The van der Waals surface area contributed by atoms with Crippen molar-refractivity contribution in [3.63, 3.8) is 0 Å². The molecule has 0 fully saturated rings. The molecule has 0 heterocycles. The minimum atomic E-state index is -0.880. The molecule has 0 aromatic heterocycles. The number of ether oxygens (including phenoxy) is 15. The van der Waals surface area contributed by atoms with Crippen molar-refractivity contribution in [2.24, 2.45) is 0 Å². The van der Waals surface area contributed by atoms with Gasteiger partial charge in [0.2, 0.25) is 0 Å². The molecule has 6 aromatic carbocycles. The fourth-order valence-corrected chi connectivity index (χ4v) is 14.0. The van der Waals surface area contributed by atoms with Crippen LogP contribution in [0.3, 0.4) is 0 Å². The van der Waals surface area contributed by atoms with Crippen LogP contribution in [0.5, 0.6) is 74.7 Å². The quantitative estimate of drug-likeness (QED) is 0.0205. The Morgan fingerprint density at radius 3 is 0.847 bits per heavy atom. The van der Waals surface area contributed by atoms with Gasteiger partial charge in [-0.1, -0.05) is 207 Å². The van der Waals surface area contributed by atoms with E-state index in [0.717, 1.165) is 96.3 Å². The van der Waals surface area contributed by atoms with Crippen LogP contribution in [0.15, 0.2) is 97.1 Å². The number of aliphatic hydroxyl groups is 1.